The van der Waals surface area contributed by atoms with Crippen molar-refractivity contribution in [3.05, 3.63) is 0 Å². The van der Waals surface area contributed by atoms with Crippen LogP contribution >= 0.6 is 0 Å². The number of hydrogen-bond acceptors (Lipinski definition) is 3. The molecule has 0 atom stereocenters. The number of likely N-dealkylation sites (tertiary alicyclic amines) is 1. The van der Waals surface area contributed by atoms with Gasteiger partial charge in [-0.2, -0.15) is 0 Å². The third kappa shape index (κ3) is 3.09. The summed E-state index contributed by atoms with van der Waals surface area (Å²) in [5, 5.41) is 7.25. The molecule has 2 saturated heterocycles. The van der Waals surface area contributed by atoms with E-state index >= 15 is 0 Å². The van der Waals surface area contributed by atoms with Crippen molar-refractivity contribution in [1.82, 2.24) is 14.7 Å². The van der Waals surface area contributed by atoms with Crippen LogP contribution in [0.15, 0.2) is 0 Å². The van der Waals surface area contributed by atoms with Gasteiger partial charge in [0.1, 0.15) is 5.84 Å². The van der Waals surface area contributed by atoms with Crippen molar-refractivity contribution in [2.45, 2.75) is 12.8 Å². The molecule has 0 aliphatic carbocycles. The van der Waals surface area contributed by atoms with Crippen molar-refractivity contribution in [3.8, 4) is 0 Å². The number of carbonyl (C=O) groups is 1. The van der Waals surface area contributed by atoms with Crippen LogP contribution in [-0.2, 0) is 0 Å². The minimum atomic E-state index is 0.185. The molecule has 2 aliphatic heterocycles. The van der Waals surface area contributed by atoms with E-state index in [1.807, 2.05) is 9.80 Å². The second kappa shape index (κ2) is 5.35. The first kappa shape index (κ1) is 12.2. The van der Waals surface area contributed by atoms with Crippen LogP contribution in [0.1, 0.15) is 12.8 Å². The van der Waals surface area contributed by atoms with Gasteiger partial charge in [0.05, 0.1) is 6.54 Å². The Balaban J connectivity index is 1.78. The first-order valence-electron chi connectivity index (χ1n) is 6.26. The van der Waals surface area contributed by atoms with E-state index in [1.54, 1.807) is 0 Å². The van der Waals surface area contributed by atoms with Crippen LogP contribution in [0.2, 0.25) is 0 Å². The van der Waals surface area contributed by atoms with Crippen molar-refractivity contribution in [2.75, 3.05) is 45.8 Å². The van der Waals surface area contributed by atoms with E-state index in [0.29, 0.717) is 6.54 Å². The summed E-state index contributed by atoms with van der Waals surface area (Å²) >= 11 is 0. The lowest BCUT2D eigenvalue weighted by molar-refractivity contribution is 0.125. The molecule has 2 aliphatic rings. The van der Waals surface area contributed by atoms with Crippen LogP contribution in [-0.4, -0.2) is 72.4 Å². The summed E-state index contributed by atoms with van der Waals surface area (Å²) in [6.45, 7) is 5.48. The summed E-state index contributed by atoms with van der Waals surface area (Å²) in [5.74, 6) is 0.198. The maximum Gasteiger partial charge on any atom is 0.320 e. The quantitative estimate of drug-likeness (QED) is 0.515. The molecule has 0 spiro atoms. The lowest BCUT2D eigenvalue weighted by Gasteiger charge is -2.36. The van der Waals surface area contributed by atoms with E-state index in [1.165, 1.54) is 0 Å². The second-order valence-corrected chi connectivity index (χ2v) is 4.77. The van der Waals surface area contributed by atoms with Crippen molar-refractivity contribution in [2.24, 2.45) is 5.73 Å². The fourth-order valence-electron chi connectivity index (χ4n) is 2.45. The smallest absolute Gasteiger partial charge is 0.320 e. The minimum absolute atomic E-state index is 0.185. The fraction of sp³-hybridized carbons (Fsp3) is 0.818. The molecule has 2 amide bonds. The molecule has 17 heavy (non-hydrogen) atoms. The van der Waals surface area contributed by atoms with Gasteiger partial charge >= 0.3 is 6.03 Å². The molecule has 6 nitrogen and oxygen atoms in total. The largest absolute Gasteiger partial charge is 0.387 e. The minimum Gasteiger partial charge on any atom is -0.387 e. The summed E-state index contributed by atoms with van der Waals surface area (Å²) in [7, 11) is 0. The predicted molar refractivity (Wildman–Crippen MR) is 66.1 cm³/mol. The molecule has 0 aromatic carbocycles. The molecule has 0 bridgehead atoms. The van der Waals surface area contributed by atoms with E-state index in [-0.39, 0.29) is 11.9 Å². The number of carbonyl (C=O) groups excluding carboxylic acids is 1. The summed E-state index contributed by atoms with van der Waals surface area (Å²) in [6.07, 6.45) is 2.27. The lowest BCUT2D eigenvalue weighted by atomic mass is 10.3. The lowest BCUT2D eigenvalue weighted by Crippen LogP contribution is -2.53. The summed E-state index contributed by atoms with van der Waals surface area (Å²) in [5.41, 5.74) is 5.37. The SMILES string of the molecule is N=C(N)CN1CCN(C(=O)N2CCCC2)CC1. The number of amides is 2. The molecular formula is C11H21N5O. The highest BCUT2D eigenvalue weighted by Gasteiger charge is 2.26. The third-order valence-electron chi connectivity index (χ3n) is 3.41. The standard InChI is InChI=1S/C11H21N5O/c12-10(13)9-14-5-7-16(8-6-14)11(17)15-3-1-2-4-15/h1-9H2,(H3,12,13). The number of amidine groups is 1. The second-order valence-electron chi connectivity index (χ2n) is 4.77. The van der Waals surface area contributed by atoms with Crippen LogP contribution in [0.4, 0.5) is 4.79 Å². The van der Waals surface area contributed by atoms with E-state index < -0.39 is 0 Å². The van der Waals surface area contributed by atoms with Gasteiger partial charge in [-0.1, -0.05) is 0 Å². The van der Waals surface area contributed by atoms with Crippen molar-refractivity contribution in [3.63, 3.8) is 0 Å². The zero-order valence-electron chi connectivity index (χ0n) is 10.2. The predicted octanol–water partition coefficient (Wildman–Crippen LogP) is -0.244. The Labute approximate surface area is 102 Å². The number of piperazine rings is 1. The Morgan fingerprint density at radius 1 is 1.00 bits per heavy atom. The molecule has 0 radical (unpaired) electrons. The van der Waals surface area contributed by atoms with Gasteiger partial charge in [-0.15, -0.1) is 0 Å². The number of nitrogens with zero attached hydrogens (tertiary/aromatic N) is 3. The van der Waals surface area contributed by atoms with Gasteiger partial charge in [-0.3, -0.25) is 10.3 Å². The summed E-state index contributed by atoms with van der Waals surface area (Å²) in [4.78, 5) is 18.1. The molecule has 2 heterocycles. The molecule has 0 saturated carbocycles. The zero-order chi connectivity index (χ0) is 12.3. The molecule has 6 heteroatoms. The number of hydrogen-bond donors (Lipinski definition) is 2. The van der Waals surface area contributed by atoms with Gasteiger partial charge in [0, 0.05) is 39.3 Å². The normalized spacial score (nSPS) is 21.9. The van der Waals surface area contributed by atoms with Gasteiger partial charge in [-0.05, 0) is 12.8 Å². The van der Waals surface area contributed by atoms with Gasteiger partial charge in [0.2, 0.25) is 0 Å². The van der Waals surface area contributed by atoms with Crippen LogP contribution in [0.3, 0.4) is 0 Å². The first-order valence-corrected chi connectivity index (χ1v) is 6.26. The van der Waals surface area contributed by atoms with Crippen LogP contribution in [0, 0.1) is 5.41 Å². The zero-order valence-corrected chi connectivity index (χ0v) is 10.2. The molecule has 2 fully saturated rings. The Morgan fingerprint density at radius 3 is 2.06 bits per heavy atom. The highest BCUT2D eigenvalue weighted by Crippen LogP contribution is 2.12. The van der Waals surface area contributed by atoms with Crippen molar-refractivity contribution < 1.29 is 4.79 Å². The van der Waals surface area contributed by atoms with Gasteiger partial charge in [-0.25, -0.2) is 4.79 Å². The van der Waals surface area contributed by atoms with Crippen LogP contribution in [0.25, 0.3) is 0 Å². The van der Waals surface area contributed by atoms with Gasteiger partial charge in [0.25, 0.3) is 0 Å². The molecular weight excluding hydrogens is 218 g/mol. The summed E-state index contributed by atoms with van der Waals surface area (Å²) in [6, 6.07) is 0.185. The Morgan fingerprint density at radius 2 is 1.53 bits per heavy atom. The number of nitrogens with two attached hydrogens (primary N) is 1. The van der Waals surface area contributed by atoms with E-state index in [4.69, 9.17) is 11.1 Å². The van der Waals surface area contributed by atoms with Crippen molar-refractivity contribution >= 4 is 11.9 Å². The topological polar surface area (TPSA) is 76.7 Å². The van der Waals surface area contributed by atoms with Crippen LogP contribution in [0.5, 0.6) is 0 Å². The fourth-order valence-corrected chi connectivity index (χ4v) is 2.45. The van der Waals surface area contributed by atoms with E-state index in [0.717, 1.165) is 52.1 Å². The monoisotopic (exact) mass is 239 g/mol. The molecule has 0 aromatic heterocycles. The molecule has 0 unspecified atom stereocenters. The number of urea groups is 1. The maximum absolute atomic E-state index is 12.1. The highest BCUT2D eigenvalue weighted by molar-refractivity contribution is 5.79. The number of rotatable bonds is 2. The van der Waals surface area contributed by atoms with Crippen LogP contribution < -0.4 is 5.73 Å². The van der Waals surface area contributed by atoms with E-state index in [9.17, 15) is 4.79 Å². The maximum atomic E-state index is 12.1. The highest BCUT2D eigenvalue weighted by atomic mass is 16.2. The number of nitrogens with one attached hydrogen (secondary N) is 1. The van der Waals surface area contributed by atoms with Crippen molar-refractivity contribution in [1.29, 1.82) is 5.41 Å². The Hall–Kier alpha value is -1.30. The van der Waals surface area contributed by atoms with Gasteiger partial charge in [0.15, 0.2) is 0 Å². The summed E-state index contributed by atoms with van der Waals surface area (Å²) < 4.78 is 0. The average Bonchev–Trinajstić information content (AvgIpc) is 2.82. The first-order chi connectivity index (χ1) is 8.16. The van der Waals surface area contributed by atoms with E-state index in [2.05, 4.69) is 4.90 Å². The molecule has 2 rings (SSSR count). The Bertz CT molecular complexity index is 292. The molecule has 96 valence electrons. The Kier molecular flexibility index (Phi) is 3.83. The van der Waals surface area contributed by atoms with Gasteiger partial charge < -0.3 is 15.5 Å². The molecule has 0 aromatic rings. The molecule has 3 N–H and O–H groups in total. The third-order valence-corrected chi connectivity index (χ3v) is 3.41. The average molecular weight is 239 g/mol.